The zero-order valence-corrected chi connectivity index (χ0v) is 14.9. The van der Waals surface area contributed by atoms with Crippen LogP contribution in [-0.2, 0) is 11.3 Å². The van der Waals surface area contributed by atoms with E-state index < -0.39 is 0 Å². The Bertz CT molecular complexity index is 911. The van der Waals surface area contributed by atoms with Crippen molar-refractivity contribution in [2.45, 2.75) is 32.4 Å². The first-order valence-corrected chi connectivity index (χ1v) is 9.39. The Morgan fingerprint density at radius 1 is 1.44 bits per heavy atom. The lowest BCUT2D eigenvalue weighted by molar-refractivity contribution is -0.121. The smallest absolute Gasteiger partial charge is 0.240 e. The van der Waals surface area contributed by atoms with Crippen LogP contribution in [0, 0.1) is 12.8 Å². The summed E-state index contributed by atoms with van der Waals surface area (Å²) < 4.78 is 1.97. The normalized spacial score (nSPS) is 15.4. The van der Waals surface area contributed by atoms with Crippen LogP contribution in [0.4, 0.5) is 0 Å². The van der Waals surface area contributed by atoms with E-state index in [-0.39, 0.29) is 18.5 Å². The van der Waals surface area contributed by atoms with Gasteiger partial charge in [0.15, 0.2) is 5.82 Å². The standard InChI is InChI=1S/C18H21N5OS/c1-11-17(25-10-21-11)18-22-14-4-2-3-5-15(14)23(18)9-16(24)20-8-13(19)12-6-7-12/h2-5,10,12-13H,6-9,19H2,1H3,(H,20,24). The number of carbonyl (C=O) groups is 1. The highest BCUT2D eigenvalue weighted by atomic mass is 32.1. The second kappa shape index (κ2) is 6.57. The molecule has 4 rings (SSSR count). The fourth-order valence-electron chi connectivity index (χ4n) is 3.05. The molecule has 7 heteroatoms. The first-order valence-electron chi connectivity index (χ1n) is 8.51. The summed E-state index contributed by atoms with van der Waals surface area (Å²) >= 11 is 1.54. The Hall–Kier alpha value is -2.25. The predicted octanol–water partition coefficient (Wildman–Crippen LogP) is 2.32. The van der Waals surface area contributed by atoms with Gasteiger partial charge in [-0.1, -0.05) is 12.1 Å². The molecule has 1 amide bonds. The SMILES string of the molecule is Cc1ncsc1-c1nc2ccccc2n1CC(=O)NCC(N)C1CC1. The first-order chi connectivity index (χ1) is 12.1. The van der Waals surface area contributed by atoms with E-state index in [2.05, 4.69) is 10.3 Å². The van der Waals surface area contributed by atoms with Gasteiger partial charge >= 0.3 is 0 Å². The van der Waals surface area contributed by atoms with Gasteiger partial charge in [-0.2, -0.15) is 0 Å². The molecule has 1 saturated carbocycles. The third kappa shape index (κ3) is 3.29. The number of hydrogen-bond donors (Lipinski definition) is 2. The van der Waals surface area contributed by atoms with Crippen LogP contribution in [0.3, 0.4) is 0 Å². The minimum atomic E-state index is -0.0392. The van der Waals surface area contributed by atoms with Crippen LogP contribution >= 0.6 is 11.3 Å². The molecule has 1 atom stereocenters. The zero-order chi connectivity index (χ0) is 17.4. The van der Waals surface area contributed by atoms with Gasteiger partial charge in [0.05, 0.1) is 27.1 Å². The quantitative estimate of drug-likeness (QED) is 0.710. The molecule has 1 unspecified atom stereocenters. The Morgan fingerprint density at radius 3 is 2.96 bits per heavy atom. The maximum atomic E-state index is 12.5. The van der Waals surface area contributed by atoms with Crippen molar-refractivity contribution in [3.8, 4) is 10.7 Å². The molecule has 25 heavy (non-hydrogen) atoms. The van der Waals surface area contributed by atoms with Crippen LogP contribution < -0.4 is 11.1 Å². The largest absolute Gasteiger partial charge is 0.353 e. The predicted molar refractivity (Wildman–Crippen MR) is 99.3 cm³/mol. The number of rotatable bonds is 6. The molecule has 1 aliphatic rings. The molecule has 3 N–H and O–H groups in total. The molecule has 1 aromatic carbocycles. The summed E-state index contributed by atoms with van der Waals surface area (Å²) in [6.07, 6.45) is 2.36. The number of para-hydroxylation sites is 2. The monoisotopic (exact) mass is 355 g/mol. The number of thiazole rings is 1. The van der Waals surface area contributed by atoms with Crippen molar-refractivity contribution in [1.29, 1.82) is 0 Å². The highest BCUT2D eigenvalue weighted by Gasteiger charge is 2.28. The Kier molecular flexibility index (Phi) is 4.27. The van der Waals surface area contributed by atoms with Crippen molar-refractivity contribution >= 4 is 28.3 Å². The van der Waals surface area contributed by atoms with Crippen LogP contribution in [0.5, 0.6) is 0 Å². The molecule has 2 aromatic heterocycles. The third-order valence-corrected chi connectivity index (χ3v) is 5.59. The van der Waals surface area contributed by atoms with Crippen molar-refractivity contribution in [3.63, 3.8) is 0 Å². The number of aromatic nitrogens is 3. The van der Waals surface area contributed by atoms with Crippen molar-refractivity contribution in [2.24, 2.45) is 11.7 Å². The van der Waals surface area contributed by atoms with Crippen LogP contribution in [0.2, 0.25) is 0 Å². The highest BCUT2D eigenvalue weighted by molar-refractivity contribution is 7.13. The molecule has 0 bridgehead atoms. The van der Waals surface area contributed by atoms with E-state index in [1.807, 2.05) is 41.3 Å². The molecule has 0 radical (unpaired) electrons. The molecular weight excluding hydrogens is 334 g/mol. The summed E-state index contributed by atoms with van der Waals surface area (Å²) in [6.45, 7) is 2.72. The van der Waals surface area contributed by atoms with E-state index >= 15 is 0 Å². The molecule has 1 aliphatic carbocycles. The molecule has 6 nitrogen and oxygen atoms in total. The van der Waals surface area contributed by atoms with Gasteiger partial charge in [0.25, 0.3) is 0 Å². The summed E-state index contributed by atoms with van der Waals surface area (Å²) in [5.74, 6) is 1.33. The van der Waals surface area contributed by atoms with Gasteiger partial charge in [-0.3, -0.25) is 4.79 Å². The molecule has 0 saturated heterocycles. The van der Waals surface area contributed by atoms with Crippen LogP contribution in [-0.4, -0.2) is 33.0 Å². The van der Waals surface area contributed by atoms with Crippen LogP contribution in [0.25, 0.3) is 21.7 Å². The average molecular weight is 355 g/mol. The lowest BCUT2D eigenvalue weighted by atomic mass is 10.2. The van der Waals surface area contributed by atoms with Crippen molar-refractivity contribution in [3.05, 3.63) is 35.5 Å². The van der Waals surface area contributed by atoms with Crippen molar-refractivity contribution in [1.82, 2.24) is 19.9 Å². The summed E-state index contributed by atoms with van der Waals surface area (Å²) in [7, 11) is 0. The van der Waals surface area contributed by atoms with Gasteiger partial charge < -0.3 is 15.6 Å². The van der Waals surface area contributed by atoms with E-state index in [0.29, 0.717) is 12.5 Å². The summed E-state index contributed by atoms with van der Waals surface area (Å²) in [5.41, 5.74) is 10.6. The van der Waals surface area contributed by atoms with Crippen molar-refractivity contribution in [2.75, 3.05) is 6.54 Å². The first kappa shape index (κ1) is 16.2. The van der Waals surface area contributed by atoms with Gasteiger partial charge in [0, 0.05) is 12.6 Å². The molecule has 0 aliphatic heterocycles. The molecule has 0 spiro atoms. The number of imidazole rings is 1. The number of fused-ring (bicyclic) bond motifs is 1. The number of nitrogens with one attached hydrogen (secondary N) is 1. The topological polar surface area (TPSA) is 85.8 Å². The summed E-state index contributed by atoms with van der Waals surface area (Å²) in [6, 6.07) is 7.94. The number of carbonyl (C=O) groups excluding carboxylic acids is 1. The van der Waals surface area contributed by atoms with E-state index in [1.54, 1.807) is 11.3 Å². The van der Waals surface area contributed by atoms with Gasteiger partial charge in [-0.25, -0.2) is 9.97 Å². The lowest BCUT2D eigenvalue weighted by Gasteiger charge is -2.13. The Morgan fingerprint density at radius 2 is 2.24 bits per heavy atom. The molecule has 130 valence electrons. The number of nitrogens with zero attached hydrogens (tertiary/aromatic N) is 3. The van der Waals surface area contributed by atoms with Gasteiger partial charge in [-0.05, 0) is 37.8 Å². The second-order valence-electron chi connectivity index (χ2n) is 6.58. The number of nitrogens with two attached hydrogens (primary N) is 1. The lowest BCUT2D eigenvalue weighted by Crippen LogP contribution is -2.39. The molecule has 2 heterocycles. The maximum Gasteiger partial charge on any atom is 0.240 e. The van der Waals surface area contributed by atoms with E-state index in [9.17, 15) is 4.79 Å². The molecular formula is C18H21N5OS. The number of aryl methyl sites for hydroxylation is 1. The van der Waals surface area contributed by atoms with Crippen molar-refractivity contribution < 1.29 is 4.79 Å². The number of amides is 1. The fraction of sp³-hybridized carbons (Fsp3) is 0.389. The third-order valence-electron chi connectivity index (χ3n) is 4.67. The Labute approximate surface area is 150 Å². The minimum Gasteiger partial charge on any atom is -0.353 e. The second-order valence-corrected chi connectivity index (χ2v) is 7.44. The highest BCUT2D eigenvalue weighted by Crippen LogP contribution is 2.31. The van der Waals surface area contributed by atoms with Gasteiger partial charge in [0.1, 0.15) is 6.54 Å². The van der Waals surface area contributed by atoms with E-state index in [0.717, 1.165) is 27.4 Å². The van der Waals surface area contributed by atoms with Crippen LogP contribution in [0.1, 0.15) is 18.5 Å². The maximum absolute atomic E-state index is 12.5. The van der Waals surface area contributed by atoms with Crippen LogP contribution in [0.15, 0.2) is 29.8 Å². The zero-order valence-electron chi connectivity index (χ0n) is 14.1. The average Bonchev–Trinajstić information content (AvgIpc) is 3.29. The fourth-order valence-corrected chi connectivity index (χ4v) is 3.85. The van der Waals surface area contributed by atoms with E-state index in [1.165, 1.54) is 12.8 Å². The summed E-state index contributed by atoms with van der Waals surface area (Å²) in [4.78, 5) is 22.5. The van der Waals surface area contributed by atoms with E-state index in [4.69, 9.17) is 10.7 Å². The molecule has 1 fully saturated rings. The minimum absolute atomic E-state index is 0.0392. The number of benzene rings is 1. The van der Waals surface area contributed by atoms with Gasteiger partial charge in [-0.15, -0.1) is 11.3 Å². The van der Waals surface area contributed by atoms with Gasteiger partial charge in [0.2, 0.25) is 5.91 Å². The summed E-state index contributed by atoms with van der Waals surface area (Å²) in [5, 5.41) is 2.97. The number of hydrogen-bond acceptors (Lipinski definition) is 5. The molecule has 3 aromatic rings. The Balaban J connectivity index is 1.61.